The summed E-state index contributed by atoms with van der Waals surface area (Å²) in [5.41, 5.74) is 8.21. The third-order valence-corrected chi connectivity index (χ3v) is 2.95. The average molecular weight is 255 g/mol. The third kappa shape index (κ3) is 3.51. The number of hydrogen-bond donors (Lipinski definition) is 2. The lowest BCUT2D eigenvalue weighted by Gasteiger charge is -2.19. The molecule has 0 atom stereocenters. The molecule has 0 saturated carbocycles. The van der Waals surface area contributed by atoms with Crippen molar-refractivity contribution in [3.05, 3.63) is 54.1 Å². The number of anilines is 1. The Bertz CT molecular complexity index is 553. The van der Waals surface area contributed by atoms with Gasteiger partial charge in [-0.25, -0.2) is 0 Å². The number of rotatable bonds is 5. The fraction of sp³-hybridized carbons (Fsp3) is 0.214. The van der Waals surface area contributed by atoms with Crippen molar-refractivity contribution in [3.8, 4) is 0 Å². The van der Waals surface area contributed by atoms with Crippen LogP contribution in [0.3, 0.4) is 0 Å². The first kappa shape index (κ1) is 13.0. The molecule has 0 saturated heterocycles. The number of nitrogens with zero attached hydrogens (tertiary/aromatic N) is 3. The molecule has 2 aromatic heterocycles. The summed E-state index contributed by atoms with van der Waals surface area (Å²) in [6, 6.07) is 7.77. The molecule has 0 aliphatic carbocycles. The standard InChI is InChI=1S/C14H17N5/c1-19(9-5-11-2-6-17-7-3-11)12-4-8-18-13(10-12)14(15)16/h2-4,6-8,10H,5,9H2,1H3,(H3,15,16). The summed E-state index contributed by atoms with van der Waals surface area (Å²) in [5, 5.41) is 7.40. The number of aromatic nitrogens is 2. The van der Waals surface area contributed by atoms with E-state index in [4.69, 9.17) is 11.1 Å². The molecule has 0 bridgehead atoms. The fourth-order valence-corrected chi connectivity index (χ4v) is 1.78. The van der Waals surface area contributed by atoms with Crippen LogP contribution in [0.25, 0.3) is 0 Å². The molecule has 0 unspecified atom stereocenters. The topological polar surface area (TPSA) is 78.9 Å². The number of amidine groups is 1. The first-order valence-corrected chi connectivity index (χ1v) is 6.07. The zero-order valence-corrected chi connectivity index (χ0v) is 10.9. The second-order valence-electron chi connectivity index (χ2n) is 4.34. The molecule has 98 valence electrons. The molecular formula is C14H17N5. The van der Waals surface area contributed by atoms with Gasteiger partial charge in [0.15, 0.2) is 0 Å². The van der Waals surface area contributed by atoms with Crippen molar-refractivity contribution in [2.75, 3.05) is 18.5 Å². The molecule has 2 aromatic rings. The molecule has 0 spiro atoms. The van der Waals surface area contributed by atoms with Crippen LogP contribution in [0.1, 0.15) is 11.3 Å². The lowest BCUT2D eigenvalue weighted by molar-refractivity contribution is 0.873. The smallest absolute Gasteiger partial charge is 0.141 e. The van der Waals surface area contributed by atoms with Gasteiger partial charge in [0, 0.05) is 37.9 Å². The molecule has 5 heteroatoms. The molecule has 3 N–H and O–H groups in total. The number of nitrogen functional groups attached to an aromatic ring is 1. The van der Waals surface area contributed by atoms with Gasteiger partial charge in [-0.2, -0.15) is 0 Å². The molecule has 0 radical (unpaired) electrons. The summed E-state index contributed by atoms with van der Waals surface area (Å²) in [6.45, 7) is 0.880. The van der Waals surface area contributed by atoms with E-state index in [-0.39, 0.29) is 5.84 Å². The number of nitrogens with two attached hydrogens (primary N) is 1. The van der Waals surface area contributed by atoms with E-state index in [1.54, 1.807) is 18.6 Å². The van der Waals surface area contributed by atoms with Crippen LogP contribution < -0.4 is 10.6 Å². The van der Waals surface area contributed by atoms with Crippen LogP contribution in [0.4, 0.5) is 5.69 Å². The van der Waals surface area contributed by atoms with Crippen LogP contribution in [-0.4, -0.2) is 29.4 Å². The minimum atomic E-state index is -0.00983. The Morgan fingerprint density at radius 3 is 2.68 bits per heavy atom. The summed E-state index contributed by atoms with van der Waals surface area (Å²) in [7, 11) is 2.01. The summed E-state index contributed by atoms with van der Waals surface area (Å²) < 4.78 is 0. The molecule has 0 fully saturated rings. The Balaban J connectivity index is 2.02. The van der Waals surface area contributed by atoms with Gasteiger partial charge < -0.3 is 10.6 Å². The highest BCUT2D eigenvalue weighted by atomic mass is 15.1. The normalized spacial score (nSPS) is 10.2. The van der Waals surface area contributed by atoms with Gasteiger partial charge in [-0.3, -0.25) is 15.4 Å². The minimum Gasteiger partial charge on any atom is -0.382 e. The van der Waals surface area contributed by atoms with E-state index >= 15 is 0 Å². The van der Waals surface area contributed by atoms with Gasteiger partial charge in [0.25, 0.3) is 0 Å². The molecule has 2 heterocycles. The summed E-state index contributed by atoms with van der Waals surface area (Å²) in [5.74, 6) is -0.00983. The molecule has 19 heavy (non-hydrogen) atoms. The Labute approximate surface area is 112 Å². The first-order chi connectivity index (χ1) is 9.16. The Morgan fingerprint density at radius 2 is 2.00 bits per heavy atom. The lowest BCUT2D eigenvalue weighted by Crippen LogP contribution is -2.21. The Kier molecular flexibility index (Phi) is 4.07. The predicted octanol–water partition coefficient (Wildman–Crippen LogP) is 1.44. The predicted molar refractivity (Wildman–Crippen MR) is 76.5 cm³/mol. The molecule has 0 aliphatic rings. The van der Waals surface area contributed by atoms with Gasteiger partial charge in [-0.05, 0) is 36.2 Å². The fourth-order valence-electron chi connectivity index (χ4n) is 1.78. The molecule has 0 aliphatic heterocycles. The maximum atomic E-state index is 7.40. The number of likely N-dealkylation sites (N-methyl/N-ethyl adjacent to an activating group) is 1. The minimum absolute atomic E-state index is 0.00983. The highest BCUT2D eigenvalue weighted by Crippen LogP contribution is 2.13. The van der Waals surface area contributed by atoms with Gasteiger partial charge in [0.2, 0.25) is 0 Å². The van der Waals surface area contributed by atoms with Gasteiger partial charge in [0.1, 0.15) is 11.5 Å². The SMILES string of the molecule is CN(CCc1ccncc1)c1ccnc(C(=N)N)c1. The Hall–Kier alpha value is -2.43. The van der Waals surface area contributed by atoms with Crippen molar-refractivity contribution in [1.29, 1.82) is 5.41 Å². The van der Waals surface area contributed by atoms with Gasteiger partial charge in [-0.15, -0.1) is 0 Å². The van der Waals surface area contributed by atoms with Gasteiger partial charge in [-0.1, -0.05) is 0 Å². The lowest BCUT2D eigenvalue weighted by atomic mass is 10.2. The monoisotopic (exact) mass is 255 g/mol. The van der Waals surface area contributed by atoms with Crippen LogP contribution in [0.2, 0.25) is 0 Å². The number of nitrogens with one attached hydrogen (secondary N) is 1. The van der Waals surface area contributed by atoms with Crippen LogP contribution in [-0.2, 0) is 6.42 Å². The zero-order chi connectivity index (χ0) is 13.7. The molecule has 2 rings (SSSR count). The Morgan fingerprint density at radius 1 is 1.26 bits per heavy atom. The van der Waals surface area contributed by atoms with E-state index in [0.29, 0.717) is 5.69 Å². The molecule has 0 aromatic carbocycles. The zero-order valence-electron chi connectivity index (χ0n) is 10.9. The van der Waals surface area contributed by atoms with Crippen LogP contribution in [0.15, 0.2) is 42.9 Å². The molecule has 5 nitrogen and oxygen atoms in total. The number of pyridine rings is 2. The van der Waals surface area contributed by atoms with Crippen molar-refractivity contribution in [1.82, 2.24) is 9.97 Å². The third-order valence-electron chi connectivity index (χ3n) is 2.95. The largest absolute Gasteiger partial charge is 0.382 e. The second-order valence-corrected chi connectivity index (χ2v) is 4.34. The summed E-state index contributed by atoms with van der Waals surface area (Å²) in [6.07, 6.45) is 6.22. The second kappa shape index (κ2) is 5.95. The summed E-state index contributed by atoms with van der Waals surface area (Å²) in [4.78, 5) is 10.2. The summed E-state index contributed by atoms with van der Waals surface area (Å²) >= 11 is 0. The maximum absolute atomic E-state index is 7.40. The molecule has 0 amide bonds. The van der Waals surface area contributed by atoms with Crippen molar-refractivity contribution in [2.24, 2.45) is 5.73 Å². The van der Waals surface area contributed by atoms with Crippen LogP contribution in [0.5, 0.6) is 0 Å². The number of hydrogen-bond acceptors (Lipinski definition) is 4. The van der Waals surface area contributed by atoms with Crippen molar-refractivity contribution >= 4 is 11.5 Å². The van der Waals surface area contributed by atoms with E-state index in [0.717, 1.165) is 18.7 Å². The maximum Gasteiger partial charge on any atom is 0.141 e. The van der Waals surface area contributed by atoms with Gasteiger partial charge >= 0.3 is 0 Å². The highest BCUT2D eigenvalue weighted by molar-refractivity contribution is 5.93. The van der Waals surface area contributed by atoms with Crippen LogP contribution >= 0.6 is 0 Å². The van der Waals surface area contributed by atoms with Crippen molar-refractivity contribution in [2.45, 2.75) is 6.42 Å². The average Bonchev–Trinajstić information content (AvgIpc) is 2.46. The van der Waals surface area contributed by atoms with E-state index < -0.39 is 0 Å². The van der Waals surface area contributed by atoms with Crippen LogP contribution in [0, 0.1) is 5.41 Å². The van der Waals surface area contributed by atoms with E-state index in [1.165, 1.54) is 5.56 Å². The quantitative estimate of drug-likeness (QED) is 0.626. The molecular weight excluding hydrogens is 238 g/mol. The van der Waals surface area contributed by atoms with E-state index in [9.17, 15) is 0 Å². The van der Waals surface area contributed by atoms with E-state index in [2.05, 4.69) is 14.9 Å². The van der Waals surface area contributed by atoms with E-state index in [1.807, 2.05) is 31.3 Å². The van der Waals surface area contributed by atoms with Gasteiger partial charge in [0.05, 0.1) is 0 Å². The first-order valence-electron chi connectivity index (χ1n) is 6.07. The highest BCUT2D eigenvalue weighted by Gasteiger charge is 2.04. The van der Waals surface area contributed by atoms with Crippen molar-refractivity contribution in [3.63, 3.8) is 0 Å². The van der Waals surface area contributed by atoms with Crippen molar-refractivity contribution < 1.29 is 0 Å².